The molecule has 2 aromatic rings. The van der Waals surface area contributed by atoms with Gasteiger partial charge in [0.25, 0.3) is 0 Å². The highest BCUT2D eigenvalue weighted by Crippen LogP contribution is 2.25. The normalized spacial score (nSPS) is 10.9. The Morgan fingerprint density at radius 2 is 2.00 bits per heavy atom. The molecule has 0 amide bonds. The lowest BCUT2D eigenvalue weighted by atomic mass is 10.1. The molecule has 90 valence electrons. The maximum atomic E-state index is 5.88. The average molecular weight is 314 g/mol. The van der Waals surface area contributed by atoms with E-state index in [2.05, 4.69) is 47.0 Å². The van der Waals surface area contributed by atoms with Crippen LogP contribution in [0.15, 0.2) is 22.7 Å². The number of rotatable bonds is 2. The van der Waals surface area contributed by atoms with E-state index < -0.39 is 0 Å². The van der Waals surface area contributed by atoms with E-state index in [0.29, 0.717) is 5.88 Å². The Balaban J connectivity index is 2.63. The summed E-state index contributed by atoms with van der Waals surface area (Å²) in [5.74, 6) is 0.522. The highest BCUT2D eigenvalue weighted by molar-refractivity contribution is 9.10. The van der Waals surface area contributed by atoms with Gasteiger partial charge in [0.05, 0.1) is 21.5 Å². The van der Waals surface area contributed by atoms with Crippen LogP contribution in [0.4, 0.5) is 0 Å². The molecule has 1 aromatic carbocycles. The van der Waals surface area contributed by atoms with Crippen LogP contribution in [0, 0.1) is 20.8 Å². The molecule has 2 nitrogen and oxygen atoms in total. The van der Waals surface area contributed by atoms with Crippen LogP contribution in [-0.2, 0) is 5.88 Å². The van der Waals surface area contributed by atoms with E-state index in [-0.39, 0.29) is 0 Å². The Bertz CT molecular complexity index is 561. The predicted octanol–water partition coefficient (Wildman–Crippen LogP) is 4.30. The maximum absolute atomic E-state index is 5.88. The van der Waals surface area contributed by atoms with E-state index >= 15 is 0 Å². The second-order valence-electron chi connectivity index (χ2n) is 4.15. The predicted molar refractivity (Wildman–Crippen MR) is 75.0 cm³/mol. The molecule has 2 rings (SSSR count). The number of hydrogen-bond acceptors (Lipinski definition) is 1. The van der Waals surface area contributed by atoms with Crippen LogP contribution in [0.1, 0.15) is 22.5 Å². The van der Waals surface area contributed by atoms with Crippen LogP contribution < -0.4 is 0 Å². The van der Waals surface area contributed by atoms with Gasteiger partial charge in [0.15, 0.2) is 0 Å². The van der Waals surface area contributed by atoms with Crippen molar-refractivity contribution in [1.29, 1.82) is 0 Å². The van der Waals surface area contributed by atoms with Crippen molar-refractivity contribution in [3.05, 3.63) is 45.2 Å². The molecule has 0 bridgehead atoms. The zero-order valence-corrected chi connectivity index (χ0v) is 12.4. The first-order valence-corrected chi connectivity index (χ1v) is 6.75. The summed E-state index contributed by atoms with van der Waals surface area (Å²) < 4.78 is 3.03. The van der Waals surface area contributed by atoms with Crippen molar-refractivity contribution < 1.29 is 0 Å². The molecule has 0 saturated carbocycles. The van der Waals surface area contributed by atoms with E-state index in [4.69, 9.17) is 11.6 Å². The number of aryl methyl sites for hydroxylation is 2. The Labute approximate surface area is 115 Å². The van der Waals surface area contributed by atoms with Gasteiger partial charge < -0.3 is 0 Å². The van der Waals surface area contributed by atoms with Gasteiger partial charge in [-0.2, -0.15) is 5.10 Å². The molecule has 0 N–H and O–H groups in total. The van der Waals surface area contributed by atoms with Crippen LogP contribution in [0.2, 0.25) is 0 Å². The SMILES string of the molecule is Cc1ccc(CCl)cc1-n1nc(C)c(Br)c1C. The number of hydrogen-bond donors (Lipinski definition) is 0. The number of aromatic nitrogens is 2. The minimum absolute atomic E-state index is 0.522. The van der Waals surface area contributed by atoms with Gasteiger partial charge in [-0.25, -0.2) is 4.68 Å². The smallest absolute Gasteiger partial charge is 0.0743 e. The lowest BCUT2D eigenvalue weighted by Gasteiger charge is -2.09. The molecule has 0 unspecified atom stereocenters. The lowest BCUT2D eigenvalue weighted by molar-refractivity contribution is 0.826. The van der Waals surface area contributed by atoms with Crippen molar-refractivity contribution in [3.63, 3.8) is 0 Å². The van der Waals surface area contributed by atoms with Gasteiger partial charge in [0.1, 0.15) is 0 Å². The molecule has 4 heteroatoms. The van der Waals surface area contributed by atoms with Gasteiger partial charge in [-0.3, -0.25) is 0 Å². The summed E-state index contributed by atoms with van der Waals surface area (Å²) in [6.45, 7) is 6.13. The zero-order valence-electron chi connectivity index (χ0n) is 10.1. The molecule has 1 aromatic heterocycles. The Morgan fingerprint density at radius 3 is 2.53 bits per heavy atom. The molecular formula is C13H14BrClN2. The molecule has 17 heavy (non-hydrogen) atoms. The number of alkyl halides is 1. The highest BCUT2D eigenvalue weighted by Gasteiger charge is 2.12. The van der Waals surface area contributed by atoms with Gasteiger partial charge in [-0.05, 0) is 53.9 Å². The first-order valence-electron chi connectivity index (χ1n) is 5.42. The molecular weight excluding hydrogens is 300 g/mol. The fraction of sp³-hybridized carbons (Fsp3) is 0.308. The summed E-state index contributed by atoms with van der Waals surface area (Å²) in [7, 11) is 0. The monoisotopic (exact) mass is 312 g/mol. The summed E-state index contributed by atoms with van der Waals surface area (Å²) in [4.78, 5) is 0. The van der Waals surface area contributed by atoms with Crippen molar-refractivity contribution in [2.45, 2.75) is 26.7 Å². The molecule has 1 heterocycles. The van der Waals surface area contributed by atoms with Crippen molar-refractivity contribution in [3.8, 4) is 5.69 Å². The summed E-state index contributed by atoms with van der Waals surface area (Å²) in [5, 5.41) is 4.54. The third kappa shape index (κ3) is 2.26. The minimum atomic E-state index is 0.522. The third-order valence-electron chi connectivity index (χ3n) is 2.86. The fourth-order valence-corrected chi connectivity index (χ4v) is 2.24. The molecule has 0 fully saturated rings. The molecule has 0 aliphatic heterocycles. The maximum Gasteiger partial charge on any atom is 0.0743 e. The number of halogens is 2. The minimum Gasteiger partial charge on any atom is -0.236 e. The summed E-state index contributed by atoms with van der Waals surface area (Å²) in [6.07, 6.45) is 0. The lowest BCUT2D eigenvalue weighted by Crippen LogP contribution is -2.02. The molecule has 0 saturated heterocycles. The van der Waals surface area contributed by atoms with Crippen molar-refractivity contribution >= 4 is 27.5 Å². The van der Waals surface area contributed by atoms with Gasteiger partial charge in [0, 0.05) is 5.88 Å². The second kappa shape index (κ2) is 4.83. The van der Waals surface area contributed by atoms with Gasteiger partial charge in [0.2, 0.25) is 0 Å². The van der Waals surface area contributed by atoms with Crippen molar-refractivity contribution in [1.82, 2.24) is 9.78 Å². The first kappa shape index (κ1) is 12.7. The standard InChI is InChI=1S/C13H14BrClN2/c1-8-4-5-11(7-15)6-12(8)17-10(3)13(14)9(2)16-17/h4-6H,7H2,1-3H3. The van der Waals surface area contributed by atoms with Gasteiger partial charge >= 0.3 is 0 Å². The molecule has 0 radical (unpaired) electrons. The quantitative estimate of drug-likeness (QED) is 0.756. The Kier molecular flexibility index (Phi) is 3.59. The highest BCUT2D eigenvalue weighted by atomic mass is 79.9. The van der Waals surface area contributed by atoms with E-state index in [1.165, 1.54) is 5.56 Å². The van der Waals surface area contributed by atoms with E-state index in [1.54, 1.807) is 0 Å². The van der Waals surface area contributed by atoms with Gasteiger partial charge in [-0.1, -0.05) is 12.1 Å². The van der Waals surface area contributed by atoms with Crippen molar-refractivity contribution in [2.24, 2.45) is 0 Å². The topological polar surface area (TPSA) is 17.8 Å². The summed E-state index contributed by atoms with van der Waals surface area (Å²) in [6, 6.07) is 6.22. The third-order valence-corrected chi connectivity index (χ3v) is 4.32. The summed E-state index contributed by atoms with van der Waals surface area (Å²) >= 11 is 9.42. The molecule has 0 aliphatic rings. The average Bonchev–Trinajstić information content (AvgIpc) is 2.58. The van der Waals surface area contributed by atoms with Crippen LogP contribution in [0.25, 0.3) is 5.69 Å². The number of nitrogens with zero attached hydrogens (tertiary/aromatic N) is 2. The molecule has 0 spiro atoms. The summed E-state index contributed by atoms with van der Waals surface area (Å²) in [5.41, 5.74) is 5.50. The van der Waals surface area contributed by atoms with Crippen molar-refractivity contribution in [2.75, 3.05) is 0 Å². The first-order chi connectivity index (χ1) is 8.04. The van der Waals surface area contributed by atoms with Gasteiger partial charge in [-0.15, -0.1) is 11.6 Å². The second-order valence-corrected chi connectivity index (χ2v) is 5.21. The van der Waals surface area contributed by atoms with Crippen LogP contribution >= 0.6 is 27.5 Å². The van der Waals surface area contributed by atoms with Crippen LogP contribution in [0.5, 0.6) is 0 Å². The molecule has 0 aliphatic carbocycles. The fourth-order valence-electron chi connectivity index (χ4n) is 1.82. The largest absolute Gasteiger partial charge is 0.236 e. The zero-order chi connectivity index (χ0) is 12.6. The number of benzene rings is 1. The molecule has 0 atom stereocenters. The Hall–Kier alpha value is -0.800. The van der Waals surface area contributed by atoms with Crippen LogP contribution in [-0.4, -0.2) is 9.78 Å². The van der Waals surface area contributed by atoms with E-state index in [9.17, 15) is 0 Å². The van der Waals surface area contributed by atoms with E-state index in [1.807, 2.05) is 17.7 Å². The Morgan fingerprint density at radius 1 is 1.29 bits per heavy atom. The van der Waals surface area contributed by atoms with E-state index in [0.717, 1.165) is 27.1 Å². The van der Waals surface area contributed by atoms with Crippen LogP contribution in [0.3, 0.4) is 0 Å².